The van der Waals surface area contributed by atoms with E-state index in [1.54, 1.807) is 0 Å². The monoisotopic (exact) mass is 347 g/mol. The van der Waals surface area contributed by atoms with Gasteiger partial charge in [0.1, 0.15) is 0 Å². The summed E-state index contributed by atoms with van der Waals surface area (Å²) in [6.07, 6.45) is 10.9. The minimum atomic E-state index is 0. The molecule has 1 aromatic carbocycles. The second-order valence-corrected chi connectivity index (χ2v) is 5.37. The van der Waals surface area contributed by atoms with E-state index in [2.05, 4.69) is 62.6 Å². The largest absolute Gasteiger partial charge is 3.00 e. The molecule has 0 unspecified atom stereocenters. The van der Waals surface area contributed by atoms with Crippen LogP contribution < -0.4 is 24.8 Å². The number of thioether (sulfide) groups is 1. The summed E-state index contributed by atoms with van der Waals surface area (Å²) in [5, 5.41) is 0. The predicted octanol–water partition coefficient (Wildman–Crippen LogP) is -1.62. The van der Waals surface area contributed by atoms with Crippen LogP contribution in [-0.2, 0) is 27.1 Å². The zero-order valence-corrected chi connectivity index (χ0v) is 15.2. The van der Waals surface area contributed by atoms with Gasteiger partial charge in [-0.3, -0.25) is 6.08 Å². The molecule has 1 aliphatic carbocycles. The number of rotatable bonds is 3. The molecular weight excluding hydrogens is 331 g/mol. The average Bonchev–Trinajstić information content (AvgIpc) is 2.83. The maximum atomic E-state index is 3.44. The van der Waals surface area contributed by atoms with Crippen molar-refractivity contribution in [3.63, 3.8) is 0 Å². The molecule has 0 amide bonds. The van der Waals surface area contributed by atoms with Crippen LogP contribution >= 0.6 is 11.8 Å². The van der Waals surface area contributed by atoms with Crippen molar-refractivity contribution >= 4 is 11.8 Å². The Balaban J connectivity index is 0. The van der Waals surface area contributed by atoms with E-state index in [0.29, 0.717) is 0 Å². The summed E-state index contributed by atoms with van der Waals surface area (Å²) < 4.78 is 0. The van der Waals surface area contributed by atoms with Crippen molar-refractivity contribution in [2.45, 2.75) is 30.6 Å². The van der Waals surface area contributed by atoms with Crippen molar-refractivity contribution in [2.24, 2.45) is 0 Å². The van der Waals surface area contributed by atoms with Gasteiger partial charge < -0.3 is 24.8 Å². The molecule has 0 spiro atoms. The van der Waals surface area contributed by atoms with E-state index in [4.69, 9.17) is 0 Å². The normalized spacial score (nSPS) is 12.9. The molecular formula is C15H17Cl2STi. The van der Waals surface area contributed by atoms with Crippen LogP contribution in [0.15, 0.2) is 46.9 Å². The zero-order valence-electron chi connectivity index (χ0n) is 11.3. The molecule has 0 bridgehead atoms. The van der Waals surface area contributed by atoms with Gasteiger partial charge in [-0.15, -0.1) is 18.2 Å². The molecule has 1 radical (unpaired) electrons. The molecule has 19 heavy (non-hydrogen) atoms. The van der Waals surface area contributed by atoms with Gasteiger partial charge in [0.2, 0.25) is 0 Å². The number of hydrogen-bond acceptors (Lipinski definition) is 1. The van der Waals surface area contributed by atoms with Crippen LogP contribution in [0.3, 0.4) is 0 Å². The van der Waals surface area contributed by atoms with Crippen LogP contribution in [0.4, 0.5) is 0 Å². The second-order valence-electron chi connectivity index (χ2n) is 4.52. The van der Waals surface area contributed by atoms with Gasteiger partial charge in [-0.25, -0.2) is 11.6 Å². The van der Waals surface area contributed by atoms with Crippen LogP contribution in [0.2, 0.25) is 0 Å². The van der Waals surface area contributed by atoms with Gasteiger partial charge >= 0.3 is 21.7 Å². The van der Waals surface area contributed by atoms with Gasteiger partial charge in [0.25, 0.3) is 0 Å². The van der Waals surface area contributed by atoms with Crippen LogP contribution in [0.1, 0.15) is 25.8 Å². The van der Waals surface area contributed by atoms with E-state index in [1.165, 1.54) is 16.0 Å². The number of allylic oxidation sites excluding steroid dienone is 4. The Morgan fingerprint density at radius 2 is 1.79 bits per heavy atom. The van der Waals surface area contributed by atoms with E-state index in [-0.39, 0.29) is 51.9 Å². The topological polar surface area (TPSA) is 0 Å². The maximum absolute atomic E-state index is 3.44. The molecule has 4 heteroatoms. The molecule has 0 fully saturated rings. The standard InChI is InChI=1S/C15H17S.2ClH.Ti/c1-15(2,12-8-4-5-9-12)13-10-6-7-11-14(13)16-3;;;/h4,6-8,10-11H,5H2,1-3H3;2*1H;/q-1;;;+3/p-2. The van der Waals surface area contributed by atoms with E-state index >= 15 is 0 Å². The van der Waals surface area contributed by atoms with Crippen LogP contribution in [0, 0.1) is 6.08 Å². The molecule has 2 rings (SSSR count). The van der Waals surface area contributed by atoms with Crippen LogP contribution in [0.5, 0.6) is 0 Å². The SMILES string of the molecule is CSc1ccccc1C(C)(C)C1=[C-]CC=C1.[Cl-].[Cl-].[Ti+3]. The number of hydrogen-bond donors (Lipinski definition) is 0. The first-order valence-electron chi connectivity index (χ1n) is 5.57. The van der Waals surface area contributed by atoms with Gasteiger partial charge in [-0.1, -0.05) is 32.0 Å². The van der Waals surface area contributed by atoms with E-state index in [0.717, 1.165) is 6.42 Å². The Kier molecular flexibility index (Phi) is 10.6. The molecule has 0 saturated carbocycles. The number of halogens is 2. The molecule has 0 aliphatic heterocycles. The molecule has 1 aliphatic rings. The van der Waals surface area contributed by atoms with E-state index in [9.17, 15) is 0 Å². The Hall–Kier alpha value is 0.344. The summed E-state index contributed by atoms with van der Waals surface area (Å²) in [5.74, 6) is 0. The van der Waals surface area contributed by atoms with Gasteiger partial charge in [0, 0.05) is 4.90 Å². The fourth-order valence-electron chi connectivity index (χ4n) is 2.14. The molecule has 0 N–H and O–H groups in total. The molecule has 1 aromatic rings. The Morgan fingerprint density at radius 3 is 2.32 bits per heavy atom. The summed E-state index contributed by atoms with van der Waals surface area (Å²) in [7, 11) is 0. The Bertz CT molecular complexity index is 453. The van der Waals surface area contributed by atoms with Gasteiger partial charge in [0.05, 0.1) is 0 Å². The number of benzene rings is 1. The Labute approximate surface area is 148 Å². The van der Waals surface area contributed by atoms with Crippen molar-refractivity contribution in [2.75, 3.05) is 6.26 Å². The van der Waals surface area contributed by atoms with Crippen molar-refractivity contribution in [1.29, 1.82) is 0 Å². The summed E-state index contributed by atoms with van der Waals surface area (Å²) in [6, 6.07) is 8.65. The van der Waals surface area contributed by atoms with E-state index < -0.39 is 0 Å². The van der Waals surface area contributed by atoms with Crippen molar-refractivity contribution in [3.8, 4) is 0 Å². The molecule has 0 saturated heterocycles. The third-order valence-corrected chi connectivity index (χ3v) is 3.94. The van der Waals surface area contributed by atoms with E-state index in [1.807, 2.05) is 11.8 Å². The third kappa shape index (κ3) is 4.68. The minimum absolute atomic E-state index is 0. The smallest absolute Gasteiger partial charge is 1.00 e. The van der Waals surface area contributed by atoms with Crippen molar-refractivity contribution in [1.82, 2.24) is 0 Å². The average molecular weight is 348 g/mol. The molecule has 0 nitrogen and oxygen atoms in total. The molecule has 0 heterocycles. The van der Waals surface area contributed by atoms with Crippen molar-refractivity contribution in [3.05, 3.63) is 53.6 Å². The fraction of sp³-hybridized carbons (Fsp3) is 0.333. The summed E-state index contributed by atoms with van der Waals surface area (Å²) in [6.45, 7) is 4.56. The van der Waals surface area contributed by atoms with Gasteiger partial charge in [0.15, 0.2) is 0 Å². The minimum Gasteiger partial charge on any atom is -1.00 e. The maximum Gasteiger partial charge on any atom is 3.00 e. The summed E-state index contributed by atoms with van der Waals surface area (Å²) >= 11 is 1.82. The zero-order chi connectivity index (χ0) is 11.6. The first kappa shape index (κ1) is 21.6. The molecule has 101 valence electrons. The fourth-order valence-corrected chi connectivity index (χ4v) is 2.90. The summed E-state index contributed by atoms with van der Waals surface area (Å²) in [5.41, 5.74) is 2.78. The van der Waals surface area contributed by atoms with Crippen molar-refractivity contribution < 1.29 is 46.5 Å². The van der Waals surface area contributed by atoms with Gasteiger partial charge in [-0.05, 0) is 23.3 Å². The summed E-state index contributed by atoms with van der Waals surface area (Å²) in [4.78, 5) is 1.36. The van der Waals surface area contributed by atoms with Crippen LogP contribution in [-0.4, -0.2) is 6.26 Å². The Morgan fingerprint density at radius 1 is 1.16 bits per heavy atom. The van der Waals surface area contributed by atoms with Gasteiger partial charge in [-0.2, -0.15) is 6.08 Å². The quantitative estimate of drug-likeness (QED) is 0.360. The molecule has 0 atom stereocenters. The van der Waals surface area contributed by atoms with Crippen LogP contribution in [0.25, 0.3) is 0 Å². The third-order valence-electron chi connectivity index (χ3n) is 3.15. The second kappa shape index (κ2) is 9.31. The predicted molar refractivity (Wildman–Crippen MR) is 71.8 cm³/mol. The first-order valence-corrected chi connectivity index (χ1v) is 6.80. The molecule has 0 aromatic heterocycles. The first-order chi connectivity index (χ1) is 7.66.